The summed E-state index contributed by atoms with van der Waals surface area (Å²) in [4.78, 5) is 13.9. The van der Waals surface area contributed by atoms with Gasteiger partial charge in [-0.1, -0.05) is 23.7 Å². The van der Waals surface area contributed by atoms with Crippen molar-refractivity contribution in [3.63, 3.8) is 0 Å². The number of rotatable bonds is 3. The van der Waals surface area contributed by atoms with Gasteiger partial charge in [-0.3, -0.25) is 4.79 Å². The molecule has 1 amide bonds. The highest BCUT2D eigenvalue weighted by molar-refractivity contribution is 6.33. The lowest BCUT2D eigenvalue weighted by molar-refractivity contribution is -0.133. The van der Waals surface area contributed by atoms with Crippen LogP contribution in [-0.4, -0.2) is 38.8 Å². The third-order valence-corrected chi connectivity index (χ3v) is 3.03. The zero-order valence-corrected chi connectivity index (χ0v) is 10.4. The molecule has 92 valence electrons. The van der Waals surface area contributed by atoms with Crippen LogP contribution in [0.1, 0.15) is 0 Å². The average molecular weight is 255 g/mol. The van der Waals surface area contributed by atoms with Crippen LogP contribution in [0.15, 0.2) is 24.3 Å². The van der Waals surface area contributed by atoms with Gasteiger partial charge >= 0.3 is 0 Å². The van der Waals surface area contributed by atoms with Crippen LogP contribution in [0.5, 0.6) is 0 Å². The summed E-state index contributed by atoms with van der Waals surface area (Å²) < 4.78 is 5.43. The van der Waals surface area contributed by atoms with E-state index in [1.165, 1.54) is 0 Å². The monoisotopic (exact) mass is 254 g/mol. The minimum absolute atomic E-state index is 0.0429. The van der Waals surface area contributed by atoms with Crippen molar-refractivity contribution in [1.82, 2.24) is 5.32 Å². The van der Waals surface area contributed by atoms with E-state index >= 15 is 0 Å². The van der Waals surface area contributed by atoms with Crippen molar-refractivity contribution in [2.45, 2.75) is 6.10 Å². The molecule has 1 fully saturated rings. The van der Waals surface area contributed by atoms with E-state index in [2.05, 4.69) is 5.32 Å². The first kappa shape index (κ1) is 12.4. The Balaban J connectivity index is 2.21. The number of hydrogen-bond acceptors (Lipinski definition) is 3. The van der Waals surface area contributed by atoms with Gasteiger partial charge in [0.1, 0.15) is 6.10 Å². The SMILES string of the molecule is CNCC1OCCN(c2ccccc2Cl)C1=O. The smallest absolute Gasteiger partial charge is 0.257 e. The largest absolute Gasteiger partial charge is 0.365 e. The van der Waals surface area contributed by atoms with Crippen molar-refractivity contribution < 1.29 is 9.53 Å². The molecule has 0 spiro atoms. The summed E-state index contributed by atoms with van der Waals surface area (Å²) in [6.07, 6.45) is -0.426. The quantitative estimate of drug-likeness (QED) is 0.884. The molecule has 1 saturated heterocycles. The van der Waals surface area contributed by atoms with Crippen LogP contribution in [0.3, 0.4) is 0 Å². The van der Waals surface area contributed by atoms with E-state index in [1.807, 2.05) is 18.2 Å². The zero-order valence-electron chi connectivity index (χ0n) is 9.65. The topological polar surface area (TPSA) is 41.6 Å². The fourth-order valence-corrected chi connectivity index (χ4v) is 2.12. The lowest BCUT2D eigenvalue weighted by Gasteiger charge is -2.32. The minimum atomic E-state index is -0.426. The predicted molar refractivity (Wildman–Crippen MR) is 67.5 cm³/mol. The van der Waals surface area contributed by atoms with Gasteiger partial charge in [-0.25, -0.2) is 0 Å². The standard InChI is InChI=1S/C12H15ClN2O2/c1-14-8-11-12(16)15(6-7-17-11)10-5-3-2-4-9(10)13/h2-5,11,14H,6-8H2,1H3. The number of anilines is 1. The molecule has 0 aliphatic carbocycles. The number of carbonyl (C=O) groups excluding carboxylic acids is 1. The molecule has 1 N–H and O–H groups in total. The van der Waals surface area contributed by atoms with Crippen molar-refractivity contribution >= 4 is 23.2 Å². The number of morpholine rings is 1. The molecule has 1 aromatic carbocycles. The molecule has 4 nitrogen and oxygen atoms in total. The van der Waals surface area contributed by atoms with Crippen molar-refractivity contribution in [3.8, 4) is 0 Å². The van der Waals surface area contributed by atoms with Gasteiger partial charge in [0.05, 0.1) is 17.3 Å². The van der Waals surface area contributed by atoms with Crippen molar-refractivity contribution in [2.75, 3.05) is 31.6 Å². The van der Waals surface area contributed by atoms with Crippen LogP contribution in [0.2, 0.25) is 5.02 Å². The van der Waals surface area contributed by atoms with Gasteiger partial charge in [-0.2, -0.15) is 0 Å². The second-order valence-corrected chi connectivity index (χ2v) is 4.27. The highest BCUT2D eigenvalue weighted by Gasteiger charge is 2.30. The molecule has 1 atom stereocenters. The maximum absolute atomic E-state index is 12.2. The maximum Gasteiger partial charge on any atom is 0.257 e. The third-order valence-electron chi connectivity index (χ3n) is 2.71. The first-order valence-corrected chi connectivity index (χ1v) is 5.94. The van der Waals surface area contributed by atoms with E-state index in [-0.39, 0.29) is 5.91 Å². The second-order valence-electron chi connectivity index (χ2n) is 3.86. The Labute approximate surface area is 106 Å². The van der Waals surface area contributed by atoms with Crippen LogP contribution in [-0.2, 0) is 9.53 Å². The van der Waals surface area contributed by atoms with Crippen LogP contribution in [0.4, 0.5) is 5.69 Å². The van der Waals surface area contributed by atoms with Gasteiger partial charge < -0.3 is 15.0 Å². The molecule has 0 saturated carbocycles. The normalized spacial score (nSPS) is 20.7. The highest BCUT2D eigenvalue weighted by atomic mass is 35.5. The minimum Gasteiger partial charge on any atom is -0.365 e. The Bertz CT molecular complexity index is 409. The molecule has 5 heteroatoms. The first-order chi connectivity index (χ1) is 8.24. The number of halogens is 1. The molecule has 1 aliphatic heterocycles. The molecule has 2 rings (SSSR count). The van der Waals surface area contributed by atoms with Crippen LogP contribution in [0, 0.1) is 0 Å². The van der Waals surface area contributed by atoms with Gasteiger partial charge in [0, 0.05) is 13.1 Å². The Morgan fingerprint density at radius 1 is 1.53 bits per heavy atom. The van der Waals surface area contributed by atoms with E-state index in [0.29, 0.717) is 24.7 Å². The van der Waals surface area contributed by atoms with Gasteiger partial charge in [0.15, 0.2) is 0 Å². The summed E-state index contributed by atoms with van der Waals surface area (Å²) in [5, 5.41) is 3.54. The Morgan fingerprint density at radius 3 is 3.00 bits per heavy atom. The van der Waals surface area contributed by atoms with E-state index in [0.717, 1.165) is 5.69 Å². The van der Waals surface area contributed by atoms with Gasteiger partial charge in [0.2, 0.25) is 0 Å². The Morgan fingerprint density at radius 2 is 2.29 bits per heavy atom. The summed E-state index contributed by atoms with van der Waals surface area (Å²) >= 11 is 6.10. The number of amides is 1. The fraction of sp³-hybridized carbons (Fsp3) is 0.417. The lowest BCUT2D eigenvalue weighted by atomic mass is 10.2. The summed E-state index contributed by atoms with van der Waals surface area (Å²) in [5.41, 5.74) is 0.753. The predicted octanol–water partition coefficient (Wildman–Crippen LogP) is 1.29. The van der Waals surface area contributed by atoms with E-state index in [4.69, 9.17) is 16.3 Å². The molecular formula is C12H15ClN2O2. The third kappa shape index (κ3) is 2.60. The molecule has 0 aromatic heterocycles. The average Bonchev–Trinajstić information content (AvgIpc) is 2.33. The number of nitrogens with one attached hydrogen (secondary N) is 1. The fourth-order valence-electron chi connectivity index (χ4n) is 1.88. The van der Waals surface area contributed by atoms with E-state index in [1.54, 1.807) is 18.0 Å². The summed E-state index contributed by atoms with van der Waals surface area (Å²) in [7, 11) is 1.80. The maximum atomic E-state index is 12.2. The molecule has 1 aromatic rings. The van der Waals surface area contributed by atoms with E-state index < -0.39 is 6.10 Å². The van der Waals surface area contributed by atoms with Crippen molar-refractivity contribution in [3.05, 3.63) is 29.3 Å². The number of benzene rings is 1. The molecule has 1 heterocycles. The number of likely N-dealkylation sites (N-methyl/N-ethyl adjacent to an activating group) is 1. The molecule has 1 unspecified atom stereocenters. The molecular weight excluding hydrogens is 240 g/mol. The van der Waals surface area contributed by atoms with Crippen LogP contribution in [0.25, 0.3) is 0 Å². The lowest BCUT2D eigenvalue weighted by Crippen LogP contribution is -2.51. The number of nitrogens with zero attached hydrogens (tertiary/aromatic N) is 1. The number of carbonyl (C=O) groups is 1. The number of hydrogen-bond donors (Lipinski definition) is 1. The van der Waals surface area contributed by atoms with Gasteiger partial charge in [-0.15, -0.1) is 0 Å². The number of ether oxygens (including phenoxy) is 1. The molecule has 1 aliphatic rings. The Hall–Kier alpha value is -1.10. The molecule has 17 heavy (non-hydrogen) atoms. The zero-order chi connectivity index (χ0) is 12.3. The van der Waals surface area contributed by atoms with Gasteiger partial charge in [-0.05, 0) is 19.2 Å². The van der Waals surface area contributed by atoms with Crippen LogP contribution >= 0.6 is 11.6 Å². The summed E-state index contributed by atoms with van der Waals surface area (Å²) in [5.74, 6) is -0.0429. The second kappa shape index (κ2) is 5.49. The van der Waals surface area contributed by atoms with Gasteiger partial charge in [0.25, 0.3) is 5.91 Å². The van der Waals surface area contributed by atoms with Crippen molar-refractivity contribution in [1.29, 1.82) is 0 Å². The first-order valence-electron chi connectivity index (χ1n) is 5.56. The molecule has 0 bridgehead atoms. The van der Waals surface area contributed by atoms with Crippen molar-refractivity contribution in [2.24, 2.45) is 0 Å². The highest BCUT2D eigenvalue weighted by Crippen LogP contribution is 2.27. The summed E-state index contributed by atoms with van der Waals surface area (Å²) in [6, 6.07) is 7.35. The van der Waals surface area contributed by atoms with Crippen LogP contribution < -0.4 is 10.2 Å². The number of para-hydroxylation sites is 1. The molecule has 0 radical (unpaired) electrons. The summed E-state index contributed by atoms with van der Waals surface area (Å²) in [6.45, 7) is 1.59. The Kier molecular flexibility index (Phi) is 3.99. The van der Waals surface area contributed by atoms with E-state index in [9.17, 15) is 4.79 Å².